The van der Waals surface area contributed by atoms with E-state index in [1.807, 2.05) is 24.3 Å². The normalized spacial score (nSPS) is 15.6. The lowest BCUT2D eigenvalue weighted by Crippen LogP contribution is -2.31. The van der Waals surface area contributed by atoms with E-state index in [1.165, 1.54) is 0 Å². The number of fused-ring (bicyclic) bond motifs is 1. The van der Waals surface area contributed by atoms with Crippen molar-refractivity contribution < 1.29 is 19.4 Å². The molecule has 5 nitrogen and oxygen atoms in total. The molecule has 1 aliphatic heterocycles. The van der Waals surface area contributed by atoms with E-state index in [-0.39, 0.29) is 17.4 Å². The van der Waals surface area contributed by atoms with Gasteiger partial charge in [0, 0.05) is 12.1 Å². The fourth-order valence-electron chi connectivity index (χ4n) is 2.65. The lowest BCUT2D eigenvalue weighted by atomic mass is 10.0. The predicted molar refractivity (Wildman–Crippen MR) is 84.8 cm³/mol. The Hall–Kier alpha value is -2.82. The quantitative estimate of drug-likeness (QED) is 0.888. The summed E-state index contributed by atoms with van der Waals surface area (Å²) in [5.41, 5.74) is 2.17. The zero-order valence-corrected chi connectivity index (χ0v) is 12.5. The molecule has 23 heavy (non-hydrogen) atoms. The average Bonchev–Trinajstić information content (AvgIpc) is 2.99. The van der Waals surface area contributed by atoms with Crippen LogP contribution in [0.5, 0.6) is 5.75 Å². The molecule has 1 atom stereocenters. The second kappa shape index (κ2) is 6.52. The Labute approximate surface area is 133 Å². The van der Waals surface area contributed by atoms with Gasteiger partial charge in [0.25, 0.3) is 0 Å². The number of ether oxygens (including phenoxy) is 1. The van der Waals surface area contributed by atoms with Gasteiger partial charge in [-0.3, -0.25) is 4.79 Å². The Balaban J connectivity index is 1.53. The first-order chi connectivity index (χ1) is 11.1. The second-order valence-electron chi connectivity index (χ2n) is 5.44. The molecule has 2 N–H and O–H groups in total. The van der Waals surface area contributed by atoms with Crippen LogP contribution in [0.4, 0.5) is 0 Å². The van der Waals surface area contributed by atoms with E-state index in [0.717, 1.165) is 16.9 Å². The SMILES string of the molecule is O=C(O)c1ccc(CCNC(=O)C2COc3ccccc32)cc1. The molecule has 0 spiro atoms. The van der Waals surface area contributed by atoms with Crippen molar-refractivity contribution in [1.82, 2.24) is 5.32 Å². The fourth-order valence-corrected chi connectivity index (χ4v) is 2.65. The van der Waals surface area contributed by atoms with E-state index < -0.39 is 5.97 Å². The van der Waals surface area contributed by atoms with E-state index in [1.54, 1.807) is 24.3 Å². The Morgan fingerprint density at radius 1 is 1.13 bits per heavy atom. The molecule has 0 aromatic heterocycles. The first-order valence-electron chi connectivity index (χ1n) is 7.47. The van der Waals surface area contributed by atoms with Crippen LogP contribution in [0.15, 0.2) is 48.5 Å². The number of hydrogen-bond acceptors (Lipinski definition) is 3. The Kier molecular flexibility index (Phi) is 4.28. The highest BCUT2D eigenvalue weighted by Crippen LogP contribution is 2.33. The van der Waals surface area contributed by atoms with Crippen LogP contribution in [-0.4, -0.2) is 30.1 Å². The number of rotatable bonds is 5. The predicted octanol–water partition coefficient (Wildman–Crippen LogP) is 2.22. The molecule has 1 unspecified atom stereocenters. The van der Waals surface area contributed by atoms with Crippen molar-refractivity contribution in [1.29, 1.82) is 0 Å². The summed E-state index contributed by atoms with van der Waals surface area (Å²) in [6, 6.07) is 14.2. The number of nitrogens with one attached hydrogen (secondary N) is 1. The minimum Gasteiger partial charge on any atom is -0.492 e. The van der Waals surface area contributed by atoms with Crippen LogP contribution >= 0.6 is 0 Å². The average molecular weight is 311 g/mol. The van der Waals surface area contributed by atoms with E-state index >= 15 is 0 Å². The van der Waals surface area contributed by atoms with Crippen LogP contribution < -0.4 is 10.1 Å². The summed E-state index contributed by atoms with van der Waals surface area (Å²) in [7, 11) is 0. The minimum absolute atomic E-state index is 0.0443. The van der Waals surface area contributed by atoms with Crippen molar-refractivity contribution >= 4 is 11.9 Å². The number of carbonyl (C=O) groups excluding carboxylic acids is 1. The summed E-state index contributed by atoms with van der Waals surface area (Å²) >= 11 is 0. The molecular formula is C18H17NO4. The summed E-state index contributed by atoms with van der Waals surface area (Å²) in [6.07, 6.45) is 0.654. The number of hydrogen-bond donors (Lipinski definition) is 2. The summed E-state index contributed by atoms with van der Waals surface area (Å²) in [4.78, 5) is 23.1. The van der Waals surface area contributed by atoms with Gasteiger partial charge in [0.15, 0.2) is 0 Å². The molecule has 5 heteroatoms. The number of aromatic carboxylic acids is 1. The van der Waals surface area contributed by atoms with Crippen molar-refractivity contribution in [3.8, 4) is 5.75 Å². The van der Waals surface area contributed by atoms with Gasteiger partial charge < -0.3 is 15.2 Å². The fraction of sp³-hybridized carbons (Fsp3) is 0.222. The molecule has 118 valence electrons. The molecular weight excluding hydrogens is 294 g/mol. The van der Waals surface area contributed by atoms with Gasteiger partial charge in [0.05, 0.1) is 5.56 Å². The number of carboxylic acid groups (broad SMARTS) is 1. The van der Waals surface area contributed by atoms with E-state index in [4.69, 9.17) is 9.84 Å². The number of carbonyl (C=O) groups is 2. The maximum Gasteiger partial charge on any atom is 0.335 e. The highest BCUT2D eigenvalue weighted by atomic mass is 16.5. The van der Waals surface area contributed by atoms with Crippen LogP contribution in [0.2, 0.25) is 0 Å². The number of carboxylic acids is 1. The van der Waals surface area contributed by atoms with Gasteiger partial charge >= 0.3 is 5.97 Å². The molecule has 2 aromatic rings. The molecule has 0 saturated heterocycles. The van der Waals surface area contributed by atoms with Crippen molar-refractivity contribution in [2.24, 2.45) is 0 Å². The zero-order chi connectivity index (χ0) is 16.2. The third kappa shape index (κ3) is 3.34. The number of amides is 1. The van der Waals surface area contributed by atoms with Gasteiger partial charge in [-0.05, 0) is 30.2 Å². The van der Waals surface area contributed by atoms with Crippen molar-refractivity contribution in [3.63, 3.8) is 0 Å². The summed E-state index contributed by atoms with van der Waals surface area (Å²) in [5.74, 6) is -0.473. The Bertz CT molecular complexity index is 724. The van der Waals surface area contributed by atoms with Gasteiger partial charge in [0.1, 0.15) is 18.3 Å². The van der Waals surface area contributed by atoms with Gasteiger partial charge in [0.2, 0.25) is 5.91 Å². The molecule has 0 radical (unpaired) electrons. The molecule has 0 saturated carbocycles. The van der Waals surface area contributed by atoms with Crippen LogP contribution in [0, 0.1) is 0 Å². The van der Waals surface area contributed by atoms with Crippen molar-refractivity contribution in [2.75, 3.05) is 13.2 Å². The smallest absolute Gasteiger partial charge is 0.335 e. The van der Waals surface area contributed by atoms with E-state index in [9.17, 15) is 9.59 Å². The van der Waals surface area contributed by atoms with Crippen LogP contribution in [0.25, 0.3) is 0 Å². The van der Waals surface area contributed by atoms with E-state index in [0.29, 0.717) is 19.6 Å². The van der Waals surface area contributed by atoms with Crippen LogP contribution in [-0.2, 0) is 11.2 Å². The van der Waals surface area contributed by atoms with Gasteiger partial charge in [-0.15, -0.1) is 0 Å². The standard InChI is InChI=1S/C18H17NO4/c20-17(15-11-23-16-4-2-1-3-14(15)16)19-10-9-12-5-7-13(8-6-12)18(21)22/h1-8,15H,9-11H2,(H,19,20)(H,21,22). The molecule has 0 bridgehead atoms. The second-order valence-corrected chi connectivity index (χ2v) is 5.44. The molecule has 2 aromatic carbocycles. The summed E-state index contributed by atoms with van der Waals surface area (Å²) in [5, 5.41) is 11.8. The first kappa shape index (κ1) is 15.1. The molecule has 0 aliphatic carbocycles. The highest BCUT2D eigenvalue weighted by molar-refractivity contribution is 5.87. The third-order valence-electron chi connectivity index (χ3n) is 3.93. The number of benzene rings is 2. The van der Waals surface area contributed by atoms with Crippen molar-refractivity contribution in [3.05, 3.63) is 65.2 Å². The molecule has 3 rings (SSSR count). The number of para-hydroxylation sites is 1. The topological polar surface area (TPSA) is 75.6 Å². The van der Waals surface area contributed by atoms with Crippen molar-refractivity contribution in [2.45, 2.75) is 12.3 Å². The molecule has 1 aliphatic rings. The monoisotopic (exact) mass is 311 g/mol. The van der Waals surface area contributed by atoms with Gasteiger partial charge in [-0.25, -0.2) is 4.79 Å². The first-order valence-corrected chi connectivity index (χ1v) is 7.47. The lowest BCUT2D eigenvalue weighted by molar-refractivity contribution is -0.122. The summed E-state index contributed by atoms with van der Waals surface area (Å²) in [6.45, 7) is 0.877. The third-order valence-corrected chi connectivity index (χ3v) is 3.93. The van der Waals surface area contributed by atoms with E-state index in [2.05, 4.69) is 5.32 Å². The lowest BCUT2D eigenvalue weighted by Gasteiger charge is -2.10. The maximum atomic E-state index is 12.3. The molecule has 0 fully saturated rings. The largest absolute Gasteiger partial charge is 0.492 e. The zero-order valence-electron chi connectivity index (χ0n) is 12.5. The molecule has 1 amide bonds. The molecule has 1 heterocycles. The van der Waals surface area contributed by atoms with Gasteiger partial charge in [-0.2, -0.15) is 0 Å². The summed E-state index contributed by atoms with van der Waals surface area (Å²) < 4.78 is 5.52. The Morgan fingerprint density at radius 3 is 2.61 bits per heavy atom. The maximum absolute atomic E-state index is 12.3. The Morgan fingerprint density at radius 2 is 1.87 bits per heavy atom. The highest BCUT2D eigenvalue weighted by Gasteiger charge is 2.29. The van der Waals surface area contributed by atoms with Crippen LogP contribution in [0.3, 0.4) is 0 Å². The minimum atomic E-state index is -0.940. The van der Waals surface area contributed by atoms with Gasteiger partial charge in [-0.1, -0.05) is 30.3 Å². The van der Waals surface area contributed by atoms with Crippen LogP contribution in [0.1, 0.15) is 27.4 Å².